The number of aliphatic hydroxyl groups excluding tert-OH is 4. The maximum atomic E-state index is 15.5. The summed E-state index contributed by atoms with van der Waals surface area (Å²) >= 11 is 0. The van der Waals surface area contributed by atoms with Gasteiger partial charge in [-0.25, -0.2) is 9.59 Å². The van der Waals surface area contributed by atoms with Crippen LogP contribution < -0.4 is 81.0 Å². The van der Waals surface area contributed by atoms with E-state index in [1.54, 1.807) is 71.9 Å². The Balaban J connectivity index is 2.32. The third-order valence-electron chi connectivity index (χ3n) is 15.9. The van der Waals surface area contributed by atoms with Crippen LogP contribution >= 0.6 is 0 Å². The molecule has 35 heteroatoms. The minimum Gasteiger partial charge on any atom is -0.453 e. The predicted molar refractivity (Wildman–Crippen MR) is 360 cm³/mol. The summed E-state index contributed by atoms with van der Waals surface area (Å²) in [5.74, 6) is -17.9. The van der Waals surface area contributed by atoms with Crippen molar-refractivity contribution in [1.29, 1.82) is 5.41 Å². The third-order valence-corrected chi connectivity index (χ3v) is 15.9. The SMILES string of the molecule is CC[C@H](C)C1NC(=O)[C@@H](CCCNC(=N)N)NC(=O)[C@H](CC(C)C)NC(=O)[C@H]([C@H](O)C(C)C)NC(=O)[C@@H](NC(=O)[C@H](CC(C)C)NC(=O)[C@H](N)CCCNC(=O)OCc2ccccc2)[C@@H](c2ccccc2)OC(=O)[C@H](CO)NC(=O)[C@H]([C@H](O)C(N)=O)NC(=O)CNC(=O)C([C@H](C)O)NC1=O. The fourth-order valence-electron chi connectivity index (χ4n) is 10.1. The van der Waals surface area contributed by atoms with E-state index in [1.165, 1.54) is 44.2 Å². The molecule has 2 aromatic carbocycles. The number of esters is 1. The number of benzene rings is 2. The highest BCUT2D eigenvalue weighted by Gasteiger charge is 2.44. The number of nitrogens with one attached hydrogen (secondary N) is 13. The van der Waals surface area contributed by atoms with Crippen LogP contribution in [0, 0.1) is 29.1 Å². The zero-order chi connectivity index (χ0) is 75.1. The van der Waals surface area contributed by atoms with E-state index in [2.05, 4.69) is 53.2 Å². The number of carbonyl (C=O) groups is 13. The Bertz CT molecular complexity index is 3090. The molecule has 2 aromatic rings. The molecule has 0 bridgehead atoms. The number of nitrogens with two attached hydrogens (primary N) is 3. The van der Waals surface area contributed by atoms with E-state index in [4.69, 9.17) is 32.1 Å². The van der Waals surface area contributed by atoms with Crippen molar-refractivity contribution < 1.29 is 92.2 Å². The number of hydrogen-bond acceptors (Lipinski definition) is 21. The first-order valence-corrected chi connectivity index (χ1v) is 33.1. The number of cyclic esters (lactones) is 1. The number of alkyl carbamates (subject to hydrolysis) is 1. The van der Waals surface area contributed by atoms with Gasteiger partial charge in [0.2, 0.25) is 65.0 Å². The first-order valence-electron chi connectivity index (χ1n) is 33.1. The molecule has 1 saturated heterocycles. The molecule has 556 valence electrons. The molecule has 23 N–H and O–H groups in total. The average molecular weight is 1410 g/mol. The molecule has 100 heavy (non-hydrogen) atoms. The molecule has 2 unspecified atom stereocenters. The maximum Gasteiger partial charge on any atom is 0.407 e. The standard InChI is InChI=1S/C65H102N16O19/c1-10-35(8)45-59(93)79-46(36(9)83)58(92)72-29-44(84)77-48(51(86)53(67)87)61(95)76-43(30-82)63(97)100-52(38-21-15-12-16-22-38)49(81-57(91)42(28-33(4)5)74-54(88)39(66)23-17-26-71-65(98)99-31-37-19-13-11-14-20-37)62(96)80-47(50(85)34(6)7)60(94)75-41(27-32(2)3)56(90)73-40(55(89)78-45)24-18-25-70-64(68)69/h11-16,19-22,32-36,39-43,45-52,82-83,85-86H,10,17-18,23-31,66H2,1-9H3,(H2,67,87)(H,71,98)(H,72,92)(H,73,90)(H,74,88)(H,75,94)(H,76,95)(H,77,84)(H,78,89)(H,79,93)(H,80,96)(H,81,91)(H4,68,69,70)/t35-,36-,39+,40+,41-,42-,43-,45?,46?,47-,48-,49-,50+,51-,52+/m0/s1. The average Bonchev–Trinajstić information content (AvgIpc) is 0.824. The van der Waals surface area contributed by atoms with Gasteiger partial charge in [-0.05, 0) is 80.2 Å². The summed E-state index contributed by atoms with van der Waals surface area (Å²) < 4.78 is 11.2. The van der Waals surface area contributed by atoms with E-state index in [1.807, 2.05) is 10.6 Å². The largest absolute Gasteiger partial charge is 0.453 e. The number of guanidine groups is 1. The lowest BCUT2D eigenvalue weighted by Gasteiger charge is -2.33. The van der Waals surface area contributed by atoms with Gasteiger partial charge in [-0.1, -0.05) is 122 Å². The van der Waals surface area contributed by atoms with Gasteiger partial charge in [-0.2, -0.15) is 0 Å². The van der Waals surface area contributed by atoms with Crippen molar-refractivity contribution in [3.05, 3.63) is 71.8 Å². The summed E-state index contributed by atoms with van der Waals surface area (Å²) in [6.07, 6.45) is -9.13. The van der Waals surface area contributed by atoms with Crippen LogP contribution in [0.25, 0.3) is 0 Å². The zero-order valence-electron chi connectivity index (χ0n) is 57.8. The topological polar surface area (TPSA) is 568 Å². The van der Waals surface area contributed by atoms with Crippen molar-refractivity contribution in [2.45, 2.75) is 199 Å². The second-order valence-electron chi connectivity index (χ2n) is 25.6. The monoisotopic (exact) mass is 1410 g/mol. The van der Waals surface area contributed by atoms with Crippen molar-refractivity contribution >= 4 is 83.0 Å². The quantitative estimate of drug-likeness (QED) is 0.0173. The molecule has 1 fully saturated rings. The van der Waals surface area contributed by atoms with Gasteiger partial charge in [0.05, 0.1) is 31.4 Å². The van der Waals surface area contributed by atoms with Crippen LogP contribution in [-0.4, -0.2) is 208 Å². The number of carbonyl (C=O) groups excluding carboxylic acids is 13. The number of aliphatic hydroxyl groups is 4. The smallest absolute Gasteiger partial charge is 0.407 e. The van der Waals surface area contributed by atoms with E-state index in [-0.39, 0.29) is 70.2 Å². The van der Waals surface area contributed by atoms with E-state index >= 15 is 4.79 Å². The van der Waals surface area contributed by atoms with E-state index in [0.29, 0.717) is 0 Å². The second kappa shape index (κ2) is 42.4. The number of primary amides is 1. The van der Waals surface area contributed by atoms with Crippen molar-refractivity contribution in [1.82, 2.24) is 63.8 Å². The molecule has 3 rings (SSSR count). The van der Waals surface area contributed by atoms with Gasteiger partial charge in [0, 0.05) is 13.1 Å². The lowest BCUT2D eigenvalue weighted by atomic mass is 9.95. The van der Waals surface area contributed by atoms with Crippen LogP contribution in [0.1, 0.15) is 124 Å². The van der Waals surface area contributed by atoms with Crippen LogP contribution in [-0.2, 0) is 73.6 Å². The van der Waals surface area contributed by atoms with Crippen LogP contribution in [0.5, 0.6) is 0 Å². The second-order valence-corrected chi connectivity index (χ2v) is 25.6. The summed E-state index contributed by atoms with van der Waals surface area (Å²) in [6.45, 7) is 11.6. The van der Waals surface area contributed by atoms with Crippen molar-refractivity contribution in [3.63, 3.8) is 0 Å². The Morgan fingerprint density at radius 2 is 1.21 bits per heavy atom. The van der Waals surface area contributed by atoms with Gasteiger partial charge in [0.1, 0.15) is 54.9 Å². The van der Waals surface area contributed by atoms with Gasteiger partial charge in [-0.15, -0.1) is 0 Å². The lowest BCUT2D eigenvalue weighted by Crippen LogP contribution is -2.64. The van der Waals surface area contributed by atoms with Crippen molar-refractivity contribution in [2.75, 3.05) is 26.2 Å². The third kappa shape index (κ3) is 28.3. The fraction of sp³-hybridized carbons (Fsp3) is 0.600. The zero-order valence-corrected chi connectivity index (χ0v) is 57.8. The molecule has 15 atom stereocenters. The number of hydrogen-bond donors (Lipinski definition) is 20. The van der Waals surface area contributed by atoms with Gasteiger partial charge in [0.15, 0.2) is 24.2 Å². The number of rotatable bonds is 27. The van der Waals surface area contributed by atoms with E-state index in [0.717, 1.165) is 12.5 Å². The van der Waals surface area contributed by atoms with Crippen LogP contribution in [0.3, 0.4) is 0 Å². The molecule has 0 saturated carbocycles. The van der Waals surface area contributed by atoms with Crippen LogP contribution in [0.15, 0.2) is 60.7 Å². The highest BCUT2D eigenvalue weighted by atomic mass is 16.6. The predicted octanol–water partition coefficient (Wildman–Crippen LogP) is -4.56. The molecule has 1 aliphatic rings. The summed E-state index contributed by atoms with van der Waals surface area (Å²) in [4.78, 5) is 184. The molecule has 1 aliphatic heterocycles. The Kier molecular flexibility index (Phi) is 35.9. The first kappa shape index (κ1) is 84.6. The molecule has 0 aliphatic carbocycles. The minimum atomic E-state index is -2.60. The molecular formula is C65H102N16O19. The van der Waals surface area contributed by atoms with E-state index < -0.39 is 205 Å². The molecule has 0 radical (unpaired) electrons. The summed E-state index contributed by atoms with van der Waals surface area (Å²) in [7, 11) is 0. The normalized spacial score (nSPS) is 23.2. The summed E-state index contributed by atoms with van der Waals surface area (Å²) in [6, 6.07) is -2.52. The lowest BCUT2D eigenvalue weighted by molar-refractivity contribution is -0.159. The van der Waals surface area contributed by atoms with E-state index in [9.17, 15) is 78.0 Å². The molecular weight excluding hydrogens is 1310 g/mol. The van der Waals surface area contributed by atoms with Crippen LogP contribution in [0.2, 0.25) is 0 Å². The highest BCUT2D eigenvalue weighted by molar-refractivity contribution is 6.00. The Morgan fingerprint density at radius 3 is 1.78 bits per heavy atom. The summed E-state index contributed by atoms with van der Waals surface area (Å²) in [5, 5.41) is 81.0. The molecule has 0 spiro atoms. The van der Waals surface area contributed by atoms with Crippen molar-refractivity contribution in [3.8, 4) is 0 Å². The number of amides is 12. The van der Waals surface area contributed by atoms with Gasteiger partial charge in [0.25, 0.3) is 0 Å². The molecule has 0 aromatic heterocycles. The molecule has 1 heterocycles. The maximum absolute atomic E-state index is 15.5. The Labute approximate surface area is 580 Å². The minimum absolute atomic E-state index is 0.000913. The molecule has 12 amide bonds. The fourth-order valence-corrected chi connectivity index (χ4v) is 10.1. The van der Waals surface area contributed by atoms with Crippen molar-refractivity contribution in [2.24, 2.45) is 40.9 Å². The van der Waals surface area contributed by atoms with Gasteiger partial charge < -0.3 is 111 Å². The highest BCUT2D eigenvalue weighted by Crippen LogP contribution is 2.25. The number of ether oxygens (including phenoxy) is 2. The van der Waals surface area contributed by atoms with Crippen LogP contribution in [0.4, 0.5) is 4.79 Å². The van der Waals surface area contributed by atoms with Gasteiger partial charge in [-0.3, -0.25) is 58.1 Å². The Hall–Kier alpha value is -9.58. The first-order chi connectivity index (χ1) is 47.1. The van der Waals surface area contributed by atoms with Gasteiger partial charge >= 0.3 is 12.1 Å². The Morgan fingerprint density at radius 1 is 0.650 bits per heavy atom. The summed E-state index contributed by atoms with van der Waals surface area (Å²) in [5.41, 5.74) is 17.8. The molecule has 35 nitrogen and oxygen atoms in total.